The molecule has 0 aliphatic heterocycles. The molecule has 0 spiro atoms. The number of carbonyl (C=O) groups excluding carboxylic acids is 1. The Hall–Kier alpha value is -5.04. The molecule has 5 aromatic rings. The Bertz CT molecular complexity index is 1690. The smallest absolute Gasteiger partial charge is 0.433 e. The maximum Gasteiger partial charge on any atom is 0.433 e. The first kappa shape index (κ1) is 27.5. The predicted molar refractivity (Wildman–Crippen MR) is 141 cm³/mol. The quantitative estimate of drug-likeness (QED) is 0.252. The number of oxazole rings is 1. The third-order valence-corrected chi connectivity index (χ3v) is 5.98. The second-order valence-corrected chi connectivity index (χ2v) is 8.90. The van der Waals surface area contributed by atoms with Gasteiger partial charge in [0.25, 0.3) is 5.91 Å². The number of ether oxygens (including phenoxy) is 2. The first-order chi connectivity index (χ1) is 19.6. The SMILES string of the molecule is COc1ccc(-c2nc(C(=O)NCc3ccc(Oc4cnccn4)cc3)c([C@H](C)N)o2)c2ccc(C(F)(F)F)nc12. The van der Waals surface area contributed by atoms with E-state index in [-0.39, 0.29) is 35.2 Å². The number of hydrogen-bond donors (Lipinski definition) is 2. The van der Waals surface area contributed by atoms with E-state index in [0.717, 1.165) is 11.6 Å². The van der Waals surface area contributed by atoms with E-state index >= 15 is 0 Å². The number of carbonyl (C=O) groups is 1. The molecule has 0 saturated carbocycles. The molecule has 1 amide bonds. The Morgan fingerprint density at radius 3 is 2.51 bits per heavy atom. The van der Waals surface area contributed by atoms with Gasteiger partial charge in [0.15, 0.2) is 11.5 Å². The van der Waals surface area contributed by atoms with Crippen LogP contribution in [0.2, 0.25) is 0 Å². The van der Waals surface area contributed by atoms with Crippen LogP contribution >= 0.6 is 0 Å². The fraction of sp³-hybridized carbons (Fsp3) is 0.179. The molecule has 1 atom stereocenters. The first-order valence-electron chi connectivity index (χ1n) is 12.3. The van der Waals surface area contributed by atoms with Crippen LogP contribution in [0.1, 0.15) is 40.5 Å². The molecule has 0 radical (unpaired) electrons. The highest BCUT2D eigenvalue weighted by Gasteiger charge is 2.33. The number of amides is 1. The lowest BCUT2D eigenvalue weighted by molar-refractivity contribution is -0.140. The Kier molecular flexibility index (Phi) is 7.53. The van der Waals surface area contributed by atoms with Crippen molar-refractivity contribution in [3.8, 4) is 28.8 Å². The molecule has 0 saturated heterocycles. The number of alkyl halides is 3. The lowest BCUT2D eigenvalue weighted by atomic mass is 10.1. The van der Waals surface area contributed by atoms with Gasteiger partial charge in [-0.25, -0.2) is 15.0 Å². The predicted octanol–water partition coefficient (Wildman–Crippen LogP) is 5.45. The molecule has 2 aromatic carbocycles. The van der Waals surface area contributed by atoms with Gasteiger partial charge in [0.1, 0.15) is 22.7 Å². The van der Waals surface area contributed by atoms with Gasteiger partial charge in [-0.2, -0.15) is 13.2 Å². The van der Waals surface area contributed by atoms with Crippen LogP contribution in [-0.4, -0.2) is 33.0 Å². The van der Waals surface area contributed by atoms with E-state index in [1.54, 1.807) is 37.3 Å². The summed E-state index contributed by atoms with van der Waals surface area (Å²) in [6.07, 6.45) is -0.101. The lowest BCUT2D eigenvalue weighted by Crippen LogP contribution is -2.25. The number of aromatic nitrogens is 4. The van der Waals surface area contributed by atoms with Gasteiger partial charge in [-0.1, -0.05) is 12.1 Å². The second kappa shape index (κ2) is 11.2. The lowest BCUT2D eigenvalue weighted by Gasteiger charge is -2.11. The highest BCUT2D eigenvalue weighted by atomic mass is 19.4. The average molecular weight is 565 g/mol. The number of hydrogen-bond acceptors (Lipinski definition) is 9. The number of methoxy groups -OCH3 is 1. The van der Waals surface area contributed by atoms with E-state index in [0.29, 0.717) is 22.6 Å². The van der Waals surface area contributed by atoms with E-state index in [1.165, 1.54) is 37.8 Å². The van der Waals surface area contributed by atoms with Crippen LogP contribution in [0.5, 0.6) is 17.4 Å². The molecule has 3 N–H and O–H groups in total. The topological polar surface area (TPSA) is 138 Å². The summed E-state index contributed by atoms with van der Waals surface area (Å²) in [5, 5.41) is 3.08. The minimum Gasteiger partial charge on any atom is -0.494 e. The summed E-state index contributed by atoms with van der Waals surface area (Å²) in [6, 6.07) is 11.5. The molecule has 3 heterocycles. The van der Waals surface area contributed by atoms with Crippen molar-refractivity contribution in [1.29, 1.82) is 0 Å². The Morgan fingerprint density at radius 2 is 1.85 bits per heavy atom. The van der Waals surface area contributed by atoms with E-state index in [2.05, 4.69) is 25.3 Å². The van der Waals surface area contributed by atoms with Crippen LogP contribution < -0.4 is 20.5 Å². The molecule has 0 aliphatic rings. The van der Waals surface area contributed by atoms with Crippen molar-refractivity contribution in [3.63, 3.8) is 0 Å². The van der Waals surface area contributed by atoms with Crippen molar-refractivity contribution < 1.29 is 31.9 Å². The van der Waals surface area contributed by atoms with Gasteiger partial charge in [0.2, 0.25) is 11.8 Å². The van der Waals surface area contributed by atoms with Crippen LogP contribution in [0.3, 0.4) is 0 Å². The fourth-order valence-electron chi connectivity index (χ4n) is 4.02. The Labute approximate surface area is 231 Å². The number of halogens is 3. The van der Waals surface area contributed by atoms with Crippen molar-refractivity contribution in [1.82, 2.24) is 25.3 Å². The average Bonchev–Trinajstić information content (AvgIpc) is 3.42. The van der Waals surface area contributed by atoms with Gasteiger partial charge in [-0.3, -0.25) is 9.78 Å². The van der Waals surface area contributed by atoms with Crippen LogP contribution in [0, 0.1) is 0 Å². The third kappa shape index (κ3) is 5.94. The van der Waals surface area contributed by atoms with Crippen molar-refractivity contribution in [2.75, 3.05) is 7.11 Å². The number of benzene rings is 2. The van der Waals surface area contributed by atoms with E-state index in [9.17, 15) is 18.0 Å². The fourth-order valence-corrected chi connectivity index (χ4v) is 4.02. The molecule has 5 rings (SSSR count). The van der Waals surface area contributed by atoms with Crippen LogP contribution in [-0.2, 0) is 12.7 Å². The van der Waals surface area contributed by atoms with Gasteiger partial charge >= 0.3 is 6.18 Å². The van der Waals surface area contributed by atoms with Crippen molar-refractivity contribution >= 4 is 16.8 Å². The highest BCUT2D eigenvalue weighted by Crippen LogP contribution is 2.37. The summed E-state index contributed by atoms with van der Waals surface area (Å²) >= 11 is 0. The molecule has 13 heteroatoms. The summed E-state index contributed by atoms with van der Waals surface area (Å²) in [7, 11) is 1.33. The molecule has 3 aromatic heterocycles. The summed E-state index contributed by atoms with van der Waals surface area (Å²) in [5.41, 5.74) is 6.02. The summed E-state index contributed by atoms with van der Waals surface area (Å²) in [4.78, 5) is 29.3. The molecule has 0 bridgehead atoms. The van der Waals surface area contributed by atoms with Crippen molar-refractivity contribution in [2.45, 2.75) is 25.7 Å². The van der Waals surface area contributed by atoms with Gasteiger partial charge < -0.3 is 24.9 Å². The normalized spacial score (nSPS) is 12.2. The van der Waals surface area contributed by atoms with Gasteiger partial charge in [0.05, 0.1) is 19.3 Å². The molecule has 41 heavy (non-hydrogen) atoms. The zero-order valence-electron chi connectivity index (χ0n) is 21.8. The molecular formula is C28H23F3N6O4. The number of pyridine rings is 1. The minimum atomic E-state index is -4.64. The number of nitrogens with two attached hydrogens (primary N) is 1. The largest absolute Gasteiger partial charge is 0.494 e. The van der Waals surface area contributed by atoms with Crippen LogP contribution in [0.25, 0.3) is 22.4 Å². The monoisotopic (exact) mass is 564 g/mol. The maximum atomic E-state index is 13.3. The number of rotatable bonds is 8. The van der Waals surface area contributed by atoms with E-state index in [4.69, 9.17) is 19.6 Å². The Balaban J connectivity index is 1.39. The van der Waals surface area contributed by atoms with Gasteiger partial charge in [-0.05, 0) is 48.9 Å². The van der Waals surface area contributed by atoms with Gasteiger partial charge in [0, 0.05) is 29.9 Å². The standard InChI is InChI=1S/C28H23F3N6O4/c1-15(32)25-24(26(38)35-13-16-3-5-17(6-4-16)40-22-14-33-11-12-34-22)37-27(41-25)19-7-9-20(39-2)23-18(19)8-10-21(36-23)28(29,30)31/h3-12,14-15H,13,32H2,1-2H3,(H,35,38)/t15-/m0/s1. The summed E-state index contributed by atoms with van der Waals surface area (Å²) in [6.45, 7) is 1.79. The molecule has 0 aliphatic carbocycles. The molecule has 0 unspecified atom stereocenters. The molecular weight excluding hydrogens is 541 g/mol. The Morgan fingerprint density at radius 1 is 1.07 bits per heavy atom. The second-order valence-electron chi connectivity index (χ2n) is 8.90. The number of nitrogens with zero attached hydrogens (tertiary/aromatic N) is 4. The molecule has 210 valence electrons. The molecule has 10 nitrogen and oxygen atoms in total. The van der Waals surface area contributed by atoms with E-state index in [1.807, 2.05) is 0 Å². The zero-order valence-corrected chi connectivity index (χ0v) is 21.8. The van der Waals surface area contributed by atoms with Crippen molar-refractivity contribution in [3.05, 3.63) is 89.8 Å². The third-order valence-electron chi connectivity index (χ3n) is 5.98. The zero-order chi connectivity index (χ0) is 29.1. The number of nitrogens with one attached hydrogen (secondary N) is 1. The van der Waals surface area contributed by atoms with Crippen LogP contribution in [0.4, 0.5) is 13.2 Å². The number of fused-ring (bicyclic) bond motifs is 1. The van der Waals surface area contributed by atoms with Crippen molar-refractivity contribution in [2.24, 2.45) is 5.73 Å². The first-order valence-corrected chi connectivity index (χ1v) is 12.3. The highest BCUT2D eigenvalue weighted by molar-refractivity contribution is 5.98. The summed E-state index contributed by atoms with van der Waals surface area (Å²) in [5.74, 6) is 0.614. The minimum absolute atomic E-state index is 0.00201. The van der Waals surface area contributed by atoms with Crippen LogP contribution in [0.15, 0.2) is 71.5 Å². The maximum absolute atomic E-state index is 13.3. The molecule has 0 fully saturated rings. The van der Waals surface area contributed by atoms with Gasteiger partial charge in [-0.15, -0.1) is 0 Å². The summed E-state index contributed by atoms with van der Waals surface area (Å²) < 4.78 is 56.6. The van der Waals surface area contributed by atoms with E-state index < -0.39 is 23.8 Å².